The maximum atomic E-state index is 12.3. The largest absolute Gasteiger partial charge is 0.365 e. The summed E-state index contributed by atoms with van der Waals surface area (Å²) in [7, 11) is 0. The smallest absolute Gasteiger partial charge is 0.254 e. The van der Waals surface area contributed by atoms with Crippen molar-refractivity contribution in [2.45, 2.75) is 44.2 Å². The predicted molar refractivity (Wildman–Crippen MR) is 134 cm³/mol. The summed E-state index contributed by atoms with van der Waals surface area (Å²) in [5, 5.41) is 16.9. The van der Waals surface area contributed by atoms with Gasteiger partial charge in [0.2, 0.25) is 5.91 Å². The van der Waals surface area contributed by atoms with E-state index in [0.717, 1.165) is 43.6 Å². The molecule has 0 unspecified atom stereocenters. The lowest BCUT2D eigenvalue weighted by atomic mass is 9.84. The molecule has 0 spiro atoms. The number of carbonyl (C=O) groups excluding carboxylic acids is 2. The summed E-state index contributed by atoms with van der Waals surface area (Å²) in [6.45, 7) is 2.37. The van der Waals surface area contributed by atoms with Gasteiger partial charge < -0.3 is 11.1 Å². The lowest BCUT2D eigenvalue weighted by molar-refractivity contribution is -0.117. The van der Waals surface area contributed by atoms with E-state index in [9.17, 15) is 14.9 Å². The number of piperidine rings is 1. The number of hydrogen-bond donors (Lipinski definition) is 2. The molecule has 0 radical (unpaired) electrons. The summed E-state index contributed by atoms with van der Waals surface area (Å²) in [5.41, 5.74) is 8.64. The molecule has 184 valence electrons. The van der Waals surface area contributed by atoms with Crippen LogP contribution in [0.4, 0.5) is 5.82 Å². The highest BCUT2D eigenvalue weighted by atomic mass is 16.2. The van der Waals surface area contributed by atoms with Crippen molar-refractivity contribution in [2.24, 2.45) is 11.7 Å². The Morgan fingerprint density at radius 2 is 1.89 bits per heavy atom. The predicted octanol–water partition coefficient (Wildman–Crippen LogP) is 3.30. The second-order valence-corrected chi connectivity index (χ2v) is 9.74. The number of pyridine rings is 1. The number of likely N-dealkylation sites (tertiary alicyclic amines) is 1. The maximum absolute atomic E-state index is 12.3. The van der Waals surface area contributed by atoms with E-state index in [1.807, 2.05) is 18.3 Å². The molecule has 3 heterocycles. The molecule has 1 saturated carbocycles. The molecule has 2 fully saturated rings. The van der Waals surface area contributed by atoms with Crippen LogP contribution in [0.5, 0.6) is 0 Å². The third kappa shape index (κ3) is 4.99. The van der Waals surface area contributed by atoms with Crippen molar-refractivity contribution in [3.05, 3.63) is 66.1 Å². The molecule has 36 heavy (non-hydrogen) atoms. The third-order valence-electron chi connectivity index (χ3n) is 7.21. The Balaban J connectivity index is 1.28. The lowest BCUT2D eigenvalue weighted by Gasteiger charge is -2.40. The minimum Gasteiger partial charge on any atom is -0.365 e. The molecular formula is C27H29N7O2. The van der Waals surface area contributed by atoms with Crippen molar-refractivity contribution in [3.8, 4) is 17.2 Å². The van der Waals surface area contributed by atoms with Gasteiger partial charge in [0.15, 0.2) is 5.82 Å². The second kappa shape index (κ2) is 9.91. The van der Waals surface area contributed by atoms with Crippen LogP contribution in [-0.4, -0.2) is 44.6 Å². The number of anilines is 1. The van der Waals surface area contributed by atoms with Crippen molar-refractivity contribution < 1.29 is 9.59 Å². The van der Waals surface area contributed by atoms with Gasteiger partial charge >= 0.3 is 0 Å². The van der Waals surface area contributed by atoms with Gasteiger partial charge in [0.05, 0.1) is 18.0 Å². The lowest BCUT2D eigenvalue weighted by Crippen LogP contribution is -2.46. The van der Waals surface area contributed by atoms with Gasteiger partial charge in [-0.05, 0) is 48.4 Å². The van der Waals surface area contributed by atoms with Crippen LogP contribution in [0.15, 0.2) is 55.0 Å². The van der Waals surface area contributed by atoms with Crippen LogP contribution < -0.4 is 11.1 Å². The van der Waals surface area contributed by atoms with Gasteiger partial charge in [0, 0.05) is 44.1 Å². The highest BCUT2D eigenvalue weighted by Gasteiger charge is 2.39. The number of primary amides is 1. The average Bonchev–Trinajstić information content (AvgIpc) is 3.66. The quantitative estimate of drug-likeness (QED) is 0.506. The van der Waals surface area contributed by atoms with Gasteiger partial charge in [-0.25, -0.2) is 0 Å². The molecule has 2 aromatic heterocycles. The molecule has 3 aromatic rings. The van der Waals surface area contributed by atoms with Crippen LogP contribution in [-0.2, 0) is 16.9 Å². The number of aromatic nitrogens is 3. The molecule has 1 saturated heterocycles. The van der Waals surface area contributed by atoms with Crippen molar-refractivity contribution >= 4 is 17.6 Å². The Morgan fingerprint density at radius 3 is 2.50 bits per heavy atom. The van der Waals surface area contributed by atoms with E-state index < -0.39 is 11.4 Å². The molecular weight excluding hydrogens is 454 g/mol. The first-order chi connectivity index (χ1) is 17.5. The molecule has 2 amide bonds. The first-order valence-corrected chi connectivity index (χ1v) is 12.3. The van der Waals surface area contributed by atoms with Gasteiger partial charge in [-0.3, -0.25) is 24.2 Å². The SMILES string of the molecule is N#CCC1(n2cc(C(N)=O)c(NC(=O)C3CC3)n2)CCN(Cc2ccc(-c3cccnc3)cc2)CC1. The van der Waals surface area contributed by atoms with Crippen molar-refractivity contribution in [1.82, 2.24) is 19.7 Å². The molecule has 0 bridgehead atoms. The summed E-state index contributed by atoms with van der Waals surface area (Å²) >= 11 is 0. The topological polar surface area (TPSA) is 130 Å². The van der Waals surface area contributed by atoms with Gasteiger partial charge in [0.1, 0.15) is 5.56 Å². The van der Waals surface area contributed by atoms with E-state index >= 15 is 0 Å². The molecule has 9 heteroatoms. The molecule has 5 rings (SSSR count). The van der Waals surface area contributed by atoms with E-state index in [0.29, 0.717) is 12.8 Å². The summed E-state index contributed by atoms with van der Waals surface area (Å²) in [6, 6.07) is 14.8. The molecule has 1 aliphatic carbocycles. The standard InChI is InChI=1S/C27H29N7O2/c28-12-9-27(34-18-23(24(29)35)25(32-34)31-26(36)21-7-8-21)10-14-33(15-11-27)17-19-3-5-20(6-4-19)22-2-1-13-30-16-22/h1-6,13,16,18,21H,7-11,14-15,17H2,(H2,29,35)(H,31,32,36). The number of hydrogen-bond acceptors (Lipinski definition) is 6. The van der Waals surface area contributed by atoms with Crippen LogP contribution in [0.25, 0.3) is 11.1 Å². The summed E-state index contributed by atoms with van der Waals surface area (Å²) in [6.07, 6.45) is 8.57. The molecule has 1 aromatic carbocycles. The van der Waals surface area contributed by atoms with Crippen LogP contribution in [0.3, 0.4) is 0 Å². The highest BCUT2D eigenvalue weighted by Crippen LogP contribution is 2.36. The fraction of sp³-hybridized carbons (Fsp3) is 0.370. The number of amides is 2. The number of rotatable bonds is 8. The van der Waals surface area contributed by atoms with Gasteiger partial charge in [0.25, 0.3) is 5.91 Å². The van der Waals surface area contributed by atoms with Gasteiger partial charge in [-0.2, -0.15) is 10.4 Å². The zero-order chi connectivity index (χ0) is 25.1. The van der Waals surface area contributed by atoms with Crippen LogP contribution >= 0.6 is 0 Å². The summed E-state index contributed by atoms with van der Waals surface area (Å²) < 4.78 is 1.69. The number of carbonyl (C=O) groups is 2. The fourth-order valence-corrected chi connectivity index (χ4v) is 4.81. The molecule has 3 N–H and O–H groups in total. The van der Waals surface area contributed by atoms with Crippen LogP contribution in [0.2, 0.25) is 0 Å². The number of nitrogens with zero attached hydrogens (tertiary/aromatic N) is 5. The normalized spacial score (nSPS) is 17.3. The summed E-state index contributed by atoms with van der Waals surface area (Å²) in [5.74, 6) is -0.619. The third-order valence-corrected chi connectivity index (χ3v) is 7.21. The highest BCUT2D eigenvalue weighted by molar-refractivity contribution is 6.02. The Hall–Kier alpha value is -4.03. The van der Waals surface area contributed by atoms with E-state index in [4.69, 9.17) is 5.73 Å². The monoisotopic (exact) mass is 483 g/mol. The van der Waals surface area contributed by atoms with Crippen LogP contribution in [0, 0.1) is 17.2 Å². The first kappa shape index (κ1) is 23.7. The van der Waals surface area contributed by atoms with E-state index in [2.05, 4.69) is 50.6 Å². The number of nitriles is 1. The van der Waals surface area contributed by atoms with E-state index in [1.165, 1.54) is 5.56 Å². The van der Waals surface area contributed by atoms with Crippen molar-refractivity contribution in [3.63, 3.8) is 0 Å². The number of nitrogens with one attached hydrogen (secondary N) is 1. The van der Waals surface area contributed by atoms with Crippen molar-refractivity contribution in [2.75, 3.05) is 18.4 Å². The van der Waals surface area contributed by atoms with Crippen molar-refractivity contribution in [1.29, 1.82) is 5.26 Å². The van der Waals surface area contributed by atoms with E-state index in [1.54, 1.807) is 17.1 Å². The second-order valence-electron chi connectivity index (χ2n) is 9.74. The molecule has 0 atom stereocenters. The Morgan fingerprint density at radius 1 is 1.14 bits per heavy atom. The maximum Gasteiger partial charge on any atom is 0.254 e. The van der Waals surface area contributed by atoms with Gasteiger partial charge in [-0.15, -0.1) is 0 Å². The zero-order valence-electron chi connectivity index (χ0n) is 20.1. The Labute approximate surface area is 209 Å². The minimum atomic E-state index is -0.647. The average molecular weight is 484 g/mol. The fourth-order valence-electron chi connectivity index (χ4n) is 4.81. The Kier molecular flexibility index (Phi) is 6.53. The first-order valence-electron chi connectivity index (χ1n) is 12.3. The molecule has 1 aliphatic heterocycles. The number of benzene rings is 1. The molecule has 2 aliphatic rings. The van der Waals surface area contributed by atoms with E-state index in [-0.39, 0.29) is 29.6 Å². The summed E-state index contributed by atoms with van der Waals surface area (Å²) in [4.78, 5) is 30.9. The van der Waals surface area contributed by atoms with Crippen LogP contribution in [0.1, 0.15) is 48.0 Å². The van der Waals surface area contributed by atoms with Gasteiger partial charge in [-0.1, -0.05) is 30.3 Å². The minimum absolute atomic E-state index is 0.0226. The Bertz CT molecular complexity index is 1280. The number of nitrogens with two attached hydrogens (primary N) is 1. The zero-order valence-corrected chi connectivity index (χ0v) is 20.1. The molecule has 9 nitrogen and oxygen atoms in total.